The summed E-state index contributed by atoms with van der Waals surface area (Å²) in [7, 11) is 0. The van der Waals surface area contributed by atoms with Crippen LogP contribution in [0.3, 0.4) is 0 Å². The zero-order chi connectivity index (χ0) is 13.5. The molecular formula is C16H16O2S. The molecule has 0 aliphatic carbocycles. The van der Waals surface area contributed by atoms with Crippen molar-refractivity contribution in [2.45, 2.75) is 18.4 Å². The number of carbonyl (C=O) groups excluding carboxylic acids is 1. The average Bonchev–Trinajstić information content (AvgIpc) is 2.41. The van der Waals surface area contributed by atoms with Crippen LogP contribution in [0.2, 0.25) is 0 Å². The van der Waals surface area contributed by atoms with Crippen LogP contribution in [0.5, 0.6) is 5.75 Å². The van der Waals surface area contributed by atoms with E-state index in [9.17, 15) is 4.79 Å². The summed E-state index contributed by atoms with van der Waals surface area (Å²) >= 11 is 1.87. The first-order valence-electron chi connectivity index (χ1n) is 6.13. The average molecular weight is 272 g/mol. The third kappa shape index (κ3) is 4.79. The lowest BCUT2D eigenvalue weighted by molar-refractivity contribution is -0.131. The minimum Gasteiger partial charge on any atom is -0.427 e. The molecular weight excluding hydrogens is 256 g/mol. The molecule has 0 heterocycles. The molecule has 2 aromatic carbocycles. The second-order valence-electron chi connectivity index (χ2n) is 4.22. The number of hydrogen-bond donors (Lipinski definition) is 0. The minimum atomic E-state index is -0.286. The molecule has 0 amide bonds. The van der Waals surface area contributed by atoms with E-state index < -0.39 is 0 Å². The molecule has 98 valence electrons. The van der Waals surface area contributed by atoms with Crippen LogP contribution in [0.1, 0.15) is 18.1 Å². The summed E-state index contributed by atoms with van der Waals surface area (Å²) in [5.41, 5.74) is 2.57. The molecule has 0 saturated heterocycles. The van der Waals surface area contributed by atoms with Gasteiger partial charge in [0.25, 0.3) is 0 Å². The monoisotopic (exact) mass is 272 g/mol. The minimum absolute atomic E-state index is 0.286. The Morgan fingerprint density at radius 1 is 0.947 bits per heavy atom. The van der Waals surface area contributed by atoms with Gasteiger partial charge in [-0.05, 0) is 23.3 Å². The van der Waals surface area contributed by atoms with Crippen molar-refractivity contribution in [2.24, 2.45) is 0 Å². The molecule has 3 heteroatoms. The number of ether oxygens (including phenoxy) is 1. The summed E-state index contributed by atoms with van der Waals surface area (Å²) in [6.45, 7) is 1.41. The van der Waals surface area contributed by atoms with Gasteiger partial charge in [0.2, 0.25) is 0 Å². The number of esters is 1. The first-order valence-corrected chi connectivity index (χ1v) is 7.28. The SMILES string of the molecule is CC(=O)Oc1ccc(CSCc2ccccc2)cc1. The molecule has 0 aliphatic rings. The zero-order valence-electron chi connectivity index (χ0n) is 10.8. The lowest BCUT2D eigenvalue weighted by Gasteiger charge is -2.04. The second kappa shape index (κ2) is 7.00. The molecule has 0 aliphatic heterocycles. The van der Waals surface area contributed by atoms with Gasteiger partial charge >= 0.3 is 5.97 Å². The highest BCUT2D eigenvalue weighted by atomic mass is 32.2. The van der Waals surface area contributed by atoms with Gasteiger partial charge in [-0.1, -0.05) is 42.5 Å². The highest BCUT2D eigenvalue weighted by Gasteiger charge is 1.99. The van der Waals surface area contributed by atoms with E-state index in [1.54, 1.807) is 0 Å². The highest BCUT2D eigenvalue weighted by Crippen LogP contribution is 2.20. The van der Waals surface area contributed by atoms with Crippen LogP contribution in [-0.4, -0.2) is 5.97 Å². The number of thioether (sulfide) groups is 1. The Hall–Kier alpha value is -1.74. The summed E-state index contributed by atoms with van der Waals surface area (Å²) in [5.74, 6) is 2.28. The van der Waals surface area contributed by atoms with Crippen LogP contribution in [-0.2, 0) is 16.3 Å². The topological polar surface area (TPSA) is 26.3 Å². The number of carbonyl (C=O) groups is 1. The lowest BCUT2D eigenvalue weighted by atomic mass is 10.2. The Kier molecular flexibility index (Phi) is 5.04. The fourth-order valence-electron chi connectivity index (χ4n) is 1.68. The standard InChI is InChI=1S/C16H16O2S/c1-13(17)18-16-9-7-15(8-10-16)12-19-11-14-5-3-2-4-6-14/h2-10H,11-12H2,1H3. The van der Waals surface area contributed by atoms with Gasteiger partial charge in [-0.3, -0.25) is 4.79 Å². The van der Waals surface area contributed by atoms with E-state index in [0.29, 0.717) is 5.75 Å². The molecule has 0 saturated carbocycles. The predicted octanol–water partition coefficient (Wildman–Crippen LogP) is 4.05. The van der Waals surface area contributed by atoms with Crippen molar-refractivity contribution < 1.29 is 9.53 Å². The van der Waals surface area contributed by atoms with Gasteiger partial charge in [0, 0.05) is 18.4 Å². The molecule has 0 N–H and O–H groups in total. The van der Waals surface area contributed by atoms with E-state index in [-0.39, 0.29) is 5.97 Å². The van der Waals surface area contributed by atoms with Crippen molar-refractivity contribution in [3.05, 3.63) is 65.7 Å². The number of benzene rings is 2. The van der Waals surface area contributed by atoms with E-state index in [4.69, 9.17) is 4.74 Å². The summed E-state index contributed by atoms with van der Waals surface area (Å²) in [6.07, 6.45) is 0. The van der Waals surface area contributed by atoms with Crippen molar-refractivity contribution >= 4 is 17.7 Å². The normalized spacial score (nSPS) is 10.2. The van der Waals surface area contributed by atoms with Crippen molar-refractivity contribution in [3.63, 3.8) is 0 Å². The van der Waals surface area contributed by atoms with Crippen LogP contribution in [0, 0.1) is 0 Å². The Morgan fingerprint density at radius 3 is 2.11 bits per heavy atom. The first-order chi connectivity index (χ1) is 9.24. The van der Waals surface area contributed by atoms with E-state index in [0.717, 1.165) is 11.5 Å². The van der Waals surface area contributed by atoms with Gasteiger partial charge < -0.3 is 4.74 Å². The molecule has 0 bridgehead atoms. The summed E-state index contributed by atoms with van der Waals surface area (Å²) in [5, 5.41) is 0. The van der Waals surface area contributed by atoms with Gasteiger partial charge in [0.1, 0.15) is 5.75 Å². The van der Waals surface area contributed by atoms with Gasteiger partial charge in [-0.15, -0.1) is 0 Å². The van der Waals surface area contributed by atoms with Gasteiger partial charge in [-0.25, -0.2) is 0 Å². The number of rotatable bonds is 5. The Morgan fingerprint density at radius 2 is 1.53 bits per heavy atom. The molecule has 0 fully saturated rings. The molecule has 0 atom stereocenters. The molecule has 2 nitrogen and oxygen atoms in total. The molecule has 19 heavy (non-hydrogen) atoms. The second-order valence-corrected chi connectivity index (χ2v) is 5.20. The molecule has 0 unspecified atom stereocenters. The van der Waals surface area contributed by atoms with Crippen molar-refractivity contribution in [3.8, 4) is 5.75 Å². The number of hydrogen-bond acceptors (Lipinski definition) is 3. The van der Waals surface area contributed by atoms with Crippen LogP contribution in [0.15, 0.2) is 54.6 Å². The van der Waals surface area contributed by atoms with E-state index in [1.165, 1.54) is 18.1 Å². The summed E-state index contributed by atoms with van der Waals surface area (Å²) in [4.78, 5) is 10.8. The van der Waals surface area contributed by atoms with E-state index >= 15 is 0 Å². The van der Waals surface area contributed by atoms with Crippen LogP contribution in [0.25, 0.3) is 0 Å². The van der Waals surface area contributed by atoms with Gasteiger partial charge in [-0.2, -0.15) is 11.8 Å². The quantitative estimate of drug-likeness (QED) is 0.607. The van der Waals surface area contributed by atoms with E-state index in [1.807, 2.05) is 42.1 Å². The first kappa shape index (κ1) is 13.7. The molecule has 0 aromatic heterocycles. The largest absolute Gasteiger partial charge is 0.427 e. The third-order valence-corrected chi connectivity index (χ3v) is 3.64. The summed E-state index contributed by atoms with van der Waals surface area (Å²) < 4.78 is 5.00. The fraction of sp³-hybridized carbons (Fsp3) is 0.188. The lowest BCUT2D eigenvalue weighted by Crippen LogP contribution is -2.00. The highest BCUT2D eigenvalue weighted by molar-refractivity contribution is 7.97. The van der Waals surface area contributed by atoms with Crippen LogP contribution < -0.4 is 4.74 Å². The van der Waals surface area contributed by atoms with Crippen LogP contribution in [0.4, 0.5) is 0 Å². The Labute approximate surface area is 117 Å². The molecule has 2 rings (SSSR count). The Balaban J connectivity index is 1.81. The molecule has 0 spiro atoms. The molecule has 0 radical (unpaired) electrons. The third-order valence-electron chi connectivity index (χ3n) is 2.57. The maximum Gasteiger partial charge on any atom is 0.308 e. The summed E-state index contributed by atoms with van der Waals surface area (Å²) in [6, 6.07) is 18.1. The van der Waals surface area contributed by atoms with Crippen molar-refractivity contribution in [1.82, 2.24) is 0 Å². The Bertz CT molecular complexity index is 520. The van der Waals surface area contributed by atoms with Gasteiger partial charge in [0.05, 0.1) is 0 Å². The fourth-order valence-corrected chi connectivity index (χ4v) is 2.64. The smallest absolute Gasteiger partial charge is 0.308 e. The maximum absolute atomic E-state index is 10.8. The predicted molar refractivity (Wildman–Crippen MR) is 79.2 cm³/mol. The van der Waals surface area contributed by atoms with Crippen molar-refractivity contribution in [2.75, 3.05) is 0 Å². The maximum atomic E-state index is 10.8. The molecule has 2 aromatic rings. The van der Waals surface area contributed by atoms with Crippen LogP contribution >= 0.6 is 11.8 Å². The van der Waals surface area contributed by atoms with Gasteiger partial charge in [0.15, 0.2) is 0 Å². The van der Waals surface area contributed by atoms with Crippen molar-refractivity contribution in [1.29, 1.82) is 0 Å². The zero-order valence-corrected chi connectivity index (χ0v) is 11.7. The van der Waals surface area contributed by atoms with E-state index in [2.05, 4.69) is 24.3 Å².